The van der Waals surface area contributed by atoms with Crippen molar-refractivity contribution in [3.63, 3.8) is 0 Å². The summed E-state index contributed by atoms with van der Waals surface area (Å²) in [6, 6.07) is 9.61. The van der Waals surface area contributed by atoms with Gasteiger partial charge in [0.25, 0.3) is 0 Å². The van der Waals surface area contributed by atoms with Gasteiger partial charge in [0.2, 0.25) is 0 Å². The molecular formula is C14H21NO4PS+. The van der Waals surface area contributed by atoms with Crippen LogP contribution in [0.5, 0.6) is 0 Å². The number of aliphatic hydroxyl groups excluding tert-OH is 1. The Morgan fingerprint density at radius 3 is 2.67 bits per heavy atom. The summed E-state index contributed by atoms with van der Waals surface area (Å²) >= 11 is 1.08. The molecule has 21 heavy (non-hydrogen) atoms. The van der Waals surface area contributed by atoms with Crippen LogP contribution in [0, 0.1) is 5.41 Å². The summed E-state index contributed by atoms with van der Waals surface area (Å²) in [7, 11) is -1.94. The molecule has 1 aromatic rings. The number of thioether (sulfide) groups is 1. The minimum Gasteiger partial charge on any atom is -0.395 e. The van der Waals surface area contributed by atoms with Gasteiger partial charge in [-0.3, -0.25) is 4.79 Å². The summed E-state index contributed by atoms with van der Waals surface area (Å²) in [4.78, 5) is 11.7. The average molecular weight is 330 g/mol. The first-order chi connectivity index (χ1) is 9.95. The highest BCUT2D eigenvalue weighted by atomic mass is 32.2. The van der Waals surface area contributed by atoms with Crippen LogP contribution >= 0.6 is 19.9 Å². The number of carbonyl (C=O) groups excluding carboxylic acids is 1. The van der Waals surface area contributed by atoms with Crippen LogP contribution in [0.15, 0.2) is 30.3 Å². The van der Waals surface area contributed by atoms with Gasteiger partial charge in [0.15, 0.2) is 5.12 Å². The Kier molecular flexibility index (Phi) is 8.07. The molecule has 0 saturated heterocycles. The van der Waals surface area contributed by atoms with Crippen LogP contribution in [0.4, 0.5) is 0 Å². The molecule has 1 unspecified atom stereocenters. The zero-order chi connectivity index (χ0) is 15.7. The number of rotatable bonds is 9. The fraction of sp³-hybridized carbons (Fsp3) is 0.500. The Balaban J connectivity index is 2.15. The SMILES string of the molecule is CC(C)(CO)C(=O)SCCO[P+](=O)NCc1ccccc1. The van der Waals surface area contributed by atoms with E-state index in [-0.39, 0.29) is 18.3 Å². The third-order valence-corrected chi connectivity index (χ3v) is 4.75. The lowest BCUT2D eigenvalue weighted by Gasteiger charge is -2.18. The molecule has 0 amide bonds. The second-order valence-corrected chi connectivity index (χ2v) is 7.25. The van der Waals surface area contributed by atoms with Gasteiger partial charge in [0.1, 0.15) is 6.61 Å². The lowest BCUT2D eigenvalue weighted by molar-refractivity contribution is -0.119. The number of hydrogen-bond donors (Lipinski definition) is 2. The number of benzene rings is 1. The van der Waals surface area contributed by atoms with Gasteiger partial charge in [-0.15, -0.1) is 4.52 Å². The molecule has 1 atom stereocenters. The van der Waals surface area contributed by atoms with Crippen molar-refractivity contribution >= 4 is 25.1 Å². The first-order valence-corrected chi connectivity index (χ1v) is 8.78. The Labute approximate surface area is 130 Å². The van der Waals surface area contributed by atoms with E-state index >= 15 is 0 Å². The zero-order valence-electron chi connectivity index (χ0n) is 12.2. The van der Waals surface area contributed by atoms with Crippen LogP contribution in [-0.4, -0.2) is 29.2 Å². The van der Waals surface area contributed by atoms with Crippen molar-refractivity contribution < 1.29 is 19.0 Å². The monoisotopic (exact) mass is 330 g/mol. The van der Waals surface area contributed by atoms with Crippen LogP contribution in [0.2, 0.25) is 0 Å². The third-order valence-electron chi connectivity index (χ3n) is 2.73. The van der Waals surface area contributed by atoms with Gasteiger partial charge in [-0.25, -0.2) is 0 Å². The van der Waals surface area contributed by atoms with Gasteiger partial charge in [0, 0.05) is 5.75 Å². The highest BCUT2D eigenvalue weighted by Gasteiger charge is 2.27. The Morgan fingerprint density at radius 2 is 2.05 bits per heavy atom. The standard InChI is InChI=1S/C14H21NO4PS/c1-14(2,11-16)13(17)21-9-8-19-20(18)15-10-12-6-4-3-5-7-12/h3-7,16H,8-11H2,1-2H3,(H,15,18)/q+1. The van der Waals surface area contributed by atoms with Gasteiger partial charge in [0.05, 0.1) is 18.6 Å². The lowest BCUT2D eigenvalue weighted by atomic mass is 9.97. The largest absolute Gasteiger partial charge is 0.613 e. The van der Waals surface area contributed by atoms with Crippen LogP contribution in [0.1, 0.15) is 19.4 Å². The van der Waals surface area contributed by atoms with E-state index in [0.717, 1.165) is 17.3 Å². The molecule has 5 nitrogen and oxygen atoms in total. The van der Waals surface area contributed by atoms with Gasteiger partial charge in [-0.1, -0.05) is 47.2 Å². The summed E-state index contributed by atoms with van der Waals surface area (Å²) in [5, 5.41) is 11.8. The Hall–Kier alpha value is -0.780. The highest BCUT2D eigenvalue weighted by molar-refractivity contribution is 8.13. The van der Waals surface area contributed by atoms with Crippen LogP contribution in [0.25, 0.3) is 0 Å². The highest BCUT2D eigenvalue weighted by Crippen LogP contribution is 2.24. The van der Waals surface area contributed by atoms with Gasteiger partial charge in [-0.05, 0) is 24.0 Å². The predicted octanol–water partition coefficient (Wildman–Crippen LogP) is 2.73. The van der Waals surface area contributed by atoms with Gasteiger partial charge >= 0.3 is 8.18 Å². The van der Waals surface area contributed by atoms with E-state index < -0.39 is 13.6 Å². The topological polar surface area (TPSA) is 75.6 Å². The molecule has 0 aliphatic heterocycles. The van der Waals surface area contributed by atoms with Crippen molar-refractivity contribution in [3.05, 3.63) is 35.9 Å². The molecule has 0 bridgehead atoms. The maximum absolute atomic E-state index is 11.7. The minimum atomic E-state index is -1.94. The van der Waals surface area contributed by atoms with Crippen molar-refractivity contribution in [2.24, 2.45) is 5.41 Å². The van der Waals surface area contributed by atoms with Gasteiger partial charge in [-0.2, -0.15) is 0 Å². The van der Waals surface area contributed by atoms with E-state index in [2.05, 4.69) is 5.09 Å². The molecule has 0 aliphatic rings. The molecule has 0 heterocycles. The summed E-state index contributed by atoms with van der Waals surface area (Å²) in [5.41, 5.74) is 0.275. The second kappa shape index (κ2) is 9.28. The van der Waals surface area contributed by atoms with E-state index in [9.17, 15) is 9.36 Å². The van der Waals surface area contributed by atoms with Crippen molar-refractivity contribution in [3.8, 4) is 0 Å². The van der Waals surface area contributed by atoms with Crippen molar-refractivity contribution in [2.75, 3.05) is 19.0 Å². The maximum Gasteiger partial charge on any atom is 0.613 e. The minimum absolute atomic E-state index is 0.0962. The second-order valence-electron chi connectivity index (χ2n) is 5.09. The predicted molar refractivity (Wildman–Crippen MR) is 85.2 cm³/mol. The molecule has 0 spiro atoms. The van der Waals surface area contributed by atoms with E-state index in [1.807, 2.05) is 30.3 Å². The molecule has 1 rings (SSSR count). The molecule has 116 valence electrons. The first-order valence-electron chi connectivity index (χ1n) is 6.61. The molecule has 1 aromatic carbocycles. The molecule has 2 N–H and O–H groups in total. The number of aliphatic hydroxyl groups is 1. The molecule has 0 saturated carbocycles. The fourth-order valence-corrected chi connectivity index (χ4v) is 2.90. The van der Waals surface area contributed by atoms with Crippen LogP contribution in [-0.2, 0) is 20.4 Å². The molecule has 0 aromatic heterocycles. The van der Waals surface area contributed by atoms with Gasteiger partial charge < -0.3 is 5.11 Å². The number of hydrogen-bond acceptors (Lipinski definition) is 5. The summed E-state index contributed by atoms with van der Waals surface area (Å²) < 4.78 is 16.7. The summed E-state index contributed by atoms with van der Waals surface area (Å²) in [6.07, 6.45) is 0. The smallest absolute Gasteiger partial charge is 0.395 e. The third kappa shape index (κ3) is 7.16. The van der Waals surface area contributed by atoms with E-state index in [1.54, 1.807) is 13.8 Å². The maximum atomic E-state index is 11.7. The molecular weight excluding hydrogens is 309 g/mol. The van der Waals surface area contributed by atoms with Crippen molar-refractivity contribution in [1.82, 2.24) is 5.09 Å². The lowest BCUT2D eigenvalue weighted by Crippen LogP contribution is -2.26. The van der Waals surface area contributed by atoms with Crippen molar-refractivity contribution in [2.45, 2.75) is 20.4 Å². The Bertz CT molecular complexity index is 467. The Morgan fingerprint density at radius 1 is 1.38 bits per heavy atom. The normalized spacial score (nSPS) is 12.2. The zero-order valence-corrected chi connectivity index (χ0v) is 14.0. The van der Waals surface area contributed by atoms with E-state index in [1.165, 1.54) is 0 Å². The quantitative estimate of drug-likeness (QED) is 0.536. The molecule has 0 aliphatic carbocycles. The molecule has 0 fully saturated rings. The average Bonchev–Trinajstić information content (AvgIpc) is 2.50. The fourth-order valence-electron chi connectivity index (χ4n) is 1.31. The van der Waals surface area contributed by atoms with E-state index in [4.69, 9.17) is 9.63 Å². The molecule has 7 heteroatoms. The summed E-state index contributed by atoms with van der Waals surface area (Å²) in [6.45, 7) is 3.87. The summed E-state index contributed by atoms with van der Waals surface area (Å²) in [5.74, 6) is 0.413. The van der Waals surface area contributed by atoms with Crippen LogP contribution < -0.4 is 5.09 Å². The number of nitrogens with one attached hydrogen (secondary N) is 1. The first kappa shape index (κ1) is 18.3. The number of carbonyl (C=O) groups is 1. The van der Waals surface area contributed by atoms with E-state index in [0.29, 0.717) is 12.3 Å². The van der Waals surface area contributed by atoms with Crippen molar-refractivity contribution in [1.29, 1.82) is 0 Å². The van der Waals surface area contributed by atoms with Crippen LogP contribution in [0.3, 0.4) is 0 Å². The molecule has 0 radical (unpaired) electrons.